The van der Waals surface area contributed by atoms with E-state index in [2.05, 4.69) is 154 Å². The molecule has 1 heterocycles. The van der Waals surface area contributed by atoms with Crippen molar-refractivity contribution in [3.8, 4) is 0 Å². The summed E-state index contributed by atoms with van der Waals surface area (Å²) in [7, 11) is 0. The van der Waals surface area contributed by atoms with E-state index in [-0.39, 0.29) is 41.7 Å². The predicted molar refractivity (Wildman–Crippen MR) is 300 cm³/mol. The van der Waals surface area contributed by atoms with Crippen LogP contribution < -0.4 is 5.73 Å². The predicted octanol–water partition coefficient (Wildman–Crippen LogP) is 13.7. The zero-order chi connectivity index (χ0) is 56.8. The second-order valence-electron chi connectivity index (χ2n) is 21.5. The van der Waals surface area contributed by atoms with E-state index in [1.54, 1.807) is 6.92 Å². The number of hydrogen-bond donors (Lipinski definition) is 1. The number of halogens is 1. The van der Waals surface area contributed by atoms with Crippen molar-refractivity contribution in [3.63, 3.8) is 0 Å². The maximum Gasteiger partial charge on any atom is 0.306 e. The lowest BCUT2D eigenvalue weighted by Gasteiger charge is -2.26. The highest BCUT2D eigenvalue weighted by Crippen LogP contribution is 2.29. The third-order valence-corrected chi connectivity index (χ3v) is 15.6. The van der Waals surface area contributed by atoms with Gasteiger partial charge in [-0.25, -0.2) is 0 Å². The first kappa shape index (κ1) is 73.6. The van der Waals surface area contributed by atoms with Crippen LogP contribution in [0.15, 0.2) is 35.4 Å². The van der Waals surface area contributed by atoms with Gasteiger partial charge in [-0.15, -0.1) is 0 Å². The molecule has 0 saturated carbocycles. The van der Waals surface area contributed by atoms with Crippen LogP contribution in [0.3, 0.4) is 0 Å². The van der Waals surface area contributed by atoms with Gasteiger partial charge in [-0.2, -0.15) is 0 Å². The topological polar surface area (TPSA) is 206 Å². The number of cyclic esters (lactones) is 1. The van der Waals surface area contributed by atoms with Crippen LogP contribution >= 0.6 is 15.9 Å². The van der Waals surface area contributed by atoms with Crippen LogP contribution in [0.25, 0.3) is 10.4 Å². The minimum absolute atomic E-state index is 0.0255. The van der Waals surface area contributed by atoms with Crippen molar-refractivity contribution in [1.82, 2.24) is 0 Å². The smallest absolute Gasteiger partial charge is 0.306 e. The van der Waals surface area contributed by atoms with E-state index < -0.39 is 0 Å². The van der Waals surface area contributed by atoms with Crippen LogP contribution in [0.1, 0.15) is 163 Å². The highest BCUT2D eigenvalue weighted by molar-refractivity contribution is 9.09. The molecule has 1 aliphatic rings. The third kappa shape index (κ3) is 36.0. The zero-order valence-electron chi connectivity index (χ0n) is 49.1. The number of hydrogen-bond acceptors (Lipinski definition) is 12. The average Bonchev–Trinajstić information content (AvgIpc) is 3.78. The summed E-state index contributed by atoms with van der Waals surface area (Å²) in [6, 6.07) is 10.4. The second kappa shape index (κ2) is 43.5. The lowest BCUT2D eigenvalue weighted by atomic mass is 9.82. The number of rotatable bonds is 27. The van der Waals surface area contributed by atoms with E-state index in [0.29, 0.717) is 149 Å². The fraction of sp³-hybridized carbons (Fsp3) is 0.810. The molecule has 424 valence electrons. The van der Waals surface area contributed by atoms with E-state index in [9.17, 15) is 24.0 Å². The molecule has 1 aliphatic heterocycles. The number of azide groups is 1. The van der Waals surface area contributed by atoms with Crippen molar-refractivity contribution in [3.05, 3.63) is 46.3 Å². The molecular weight excluding hydrogens is 993 g/mol. The van der Waals surface area contributed by atoms with Crippen LogP contribution in [0.5, 0.6) is 0 Å². The van der Waals surface area contributed by atoms with Gasteiger partial charge in [0.2, 0.25) is 0 Å². The van der Waals surface area contributed by atoms with Crippen molar-refractivity contribution in [2.45, 2.75) is 164 Å². The summed E-state index contributed by atoms with van der Waals surface area (Å²) in [4.78, 5) is 58.4. The Morgan fingerprint density at radius 3 is 1.42 bits per heavy atom. The van der Waals surface area contributed by atoms with Gasteiger partial charge in [-0.1, -0.05) is 155 Å². The van der Waals surface area contributed by atoms with Crippen LogP contribution in [0.2, 0.25) is 0 Å². The Balaban J connectivity index is -0.000000846. The standard InChI is InChI=1S/C16H24O2.C11H21BrO2.C11H21N3O2.C11H23NO2.C9H16O2/c1-12(2)13(3)16(11-18-14(4)17)10-15-8-6-5-7-9-15;1-5-14-11(13)6-10(7-12)9(4)8(2)3;1-5-16-11(15)6-10(7-13-14-12)9(4)8(2)3;1-5-14-11(13)6-10(7-12)9(4)8(2)3;1-6(2)7(3)8-4-9(10)11-5-8/h5-9,12-13,16H,10-11H2,1-4H3;8-10H,5-7H2,1-4H3;8-10H,5-7H2,1-4H3;8-10H,5-7,12H2,1-4H3;6-8H,4-5H2,1-3H3/t13-,16+;3*9-,10+;7-,8+/m11111/s1. The van der Waals surface area contributed by atoms with Crippen LogP contribution in [-0.2, 0) is 54.1 Å². The van der Waals surface area contributed by atoms with E-state index in [1.807, 2.05) is 19.9 Å². The number of carbonyl (C=O) groups is 5. The van der Waals surface area contributed by atoms with Gasteiger partial charge >= 0.3 is 29.8 Å². The molecule has 0 aliphatic carbocycles. The summed E-state index contributed by atoms with van der Waals surface area (Å²) < 4.78 is 24.9. The molecule has 0 spiro atoms. The van der Waals surface area contributed by atoms with Crippen LogP contribution in [0, 0.1) is 88.8 Å². The third-order valence-electron chi connectivity index (χ3n) is 14.8. The molecule has 1 saturated heterocycles. The minimum Gasteiger partial charge on any atom is -0.466 e. The molecular formula is C58H105BrN4O10. The molecule has 0 bridgehead atoms. The van der Waals surface area contributed by atoms with E-state index in [1.165, 1.54) is 12.5 Å². The molecule has 1 aromatic rings. The van der Waals surface area contributed by atoms with Gasteiger partial charge in [0, 0.05) is 48.9 Å². The fourth-order valence-electron chi connectivity index (χ4n) is 7.85. The van der Waals surface area contributed by atoms with Crippen molar-refractivity contribution >= 4 is 45.8 Å². The van der Waals surface area contributed by atoms with Gasteiger partial charge in [-0.3, -0.25) is 24.0 Å². The number of alkyl halides is 1. The Hall–Kier alpha value is -3.68. The summed E-state index contributed by atoms with van der Waals surface area (Å²) in [6.07, 6.45) is 2.89. The lowest BCUT2D eigenvalue weighted by Crippen LogP contribution is -2.28. The number of benzene rings is 1. The summed E-state index contributed by atoms with van der Waals surface area (Å²) in [6.45, 7) is 42.8. The Labute approximate surface area is 452 Å². The number of ether oxygens (including phenoxy) is 5. The number of esters is 5. The van der Waals surface area contributed by atoms with E-state index in [0.717, 1.165) is 11.8 Å². The summed E-state index contributed by atoms with van der Waals surface area (Å²) in [5.74, 6) is 6.21. The first-order valence-electron chi connectivity index (χ1n) is 27.3. The normalized spacial score (nSPS) is 16.6. The summed E-state index contributed by atoms with van der Waals surface area (Å²) in [5, 5.41) is 4.43. The van der Waals surface area contributed by atoms with Gasteiger partial charge in [0.05, 0.1) is 39.5 Å². The maximum absolute atomic E-state index is 11.4. The molecule has 10 atom stereocenters. The largest absolute Gasteiger partial charge is 0.466 e. The Morgan fingerprint density at radius 1 is 0.658 bits per heavy atom. The quantitative estimate of drug-likeness (QED) is 0.0219. The van der Waals surface area contributed by atoms with Gasteiger partial charge in [-0.05, 0) is 128 Å². The SMILES string of the molecule is CC(=O)OC[C@H](Cc1ccccc1)[C@H](C)C(C)C.CC(C)[C@@H](C)[C@@H]1COC(=O)C1.CCOC(=O)C[C@@H](CBr)[C@H](C)C(C)C.CCOC(=O)C[C@@H](CN)[C@H](C)C(C)C.CCOC(=O)C[C@@H](CN=[N+]=[N-])[C@H](C)C(C)C. The fourth-order valence-corrected chi connectivity index (χ4v) is 8.67. The Bertz CT molecular complexity index is 1620. The van der Waals surface area contributed by atoms with E-state index >= 15 is 0 Å². The molecule has 2 N–H and O–H groups in total. The molecule has 2 rings (SSSR count). The van der Waals surface area contributed by atoms with Crippen molar-refractivity contribution in [2.24, 2.45) is 99.6 Å². The number of carbonyl (C=O) groups excluding carboxylic acids is 5. The number of nitrogens with zero attached hydrogens (tertiary/aromatic N) is 3. The molecule has 15 heteroatoms. The number of nitrogens with two attached hydrogens (primary N) is 1. The average molecular weight is 1100 g/mol. The monoisotopic (exact) mass is 1100 g/mol. The molecule has 0 unspecified atom stereocenters. The second-order valence-corrected chi connectivity index (χ2v) is 22.2. The minimum atomic E-state index is -0.215. The molecule has 1 fully saturated rings. The summed E-state index contributed by atoms with van der Waals surface area (Å²) >= 11 is 3.46. The van der Waals surface area contributed by atoms with Crippen molar-refractivity contribution in [1.29, 1.82) is 0 Å². The van der Waals surface area contributed by atoms with Crippen molar-refractivity contribution in [2.75, 3.05) is 51.5 Å². The van der Waals surface area contributed by atoms with Crippen molar-refractivity contribution < 1.29 is 47.7 Å². The molecule has 0 amide bonds. The Kier molecular flexibility index (Phi) is 43.9. The highest BCUT2D eigenvalue weighted by Gasteiger charge is 2.30. The molecule has 0 aromatic heterocycles. The Morgan fingerprint density at radius 2 is 1.07 bits per heavy atom. The van der Waals surface area contributed by atoms with Crippen LogP contribution in [-0.4, -0.2) is 81.3 Å². The molecule has 73 heavy (non-hydrogen) atoms. The van der Waals surface area contributed by atoms with Gasteiger partial charge in [0.15, 0.2) is 0 Å². The summed E-state index contributed by atoms with van der Waals surface area (Å²) in [5.41, 5.74) is 15.3. The maximum atomic E-state index is 11.4. The van der Waals surface area contributed by atoms with Gasteiger partial charge < -0.3 is 29.4 Å². The lowest BCUT2D eigenvalue weighted by molar-refractivity contribution is -0.145. The molecule has 14 nitrogen and oxygen atoms in total. The molecule has 0 radical (unpaired) electrons. The first-order chi connectivity index (χ1) is 34.2. The highest BCUT2D eigenvalue weighted by atomic mass is 79.9. The molecule has 1 aromatic carbocycles. The van der Waals surface area contributed by atoms with Gasteiger partial charge in [0.25, 0.3) is 0 Å². The zero-order valence-corrected chi connectivity index (χ0v) is 50.7. The van der Waals surface area contributed by atoms with E-state index in [4.69, 9.17) is 34.9 Å². The van der Waals surface area contributed by atoms with Crippen LogP contribution in [0.4, 0.5) is 0 Å². The first-order valence-corrected chi connectivity index (χ1v) is 28.4. The van der Waals surface area contributed by atoms with Gasteiger partial charge in [0.1, 0.15) is 0 Å².